The van der Waals surface area contributed by atoms with Crippen molar-refractivity contribution in [2.24, 2.45) is 0 Å². The molecule has 1 aromatic carbocycles. The van der Waals surface area contributed by atoms with Gasteiger partial charge >= 0.3 is 0 Å². The summed E-state index contributed by atoms with van der Waals surface area (Å²) in [6, 6.07) is 1.19. The molecule has 0 spiro atoms. The van der Waals surface area contributed by atoms with Crippen molar-refractivity contribution < 1.29 is 13.2 Å². The minimum absolute atomic E-state index is 0.0903. The number of nitrogen functional groups attached to an aromatic ring is 1. The van der Waals surface area contributed by atoms with E-state index in [1.165, 1.54) is 0 Å². The minimum Gasteiger partial charge on any atom is -0.381 e. The van der Waals surface area contributed by atoms with Gasteiger partial charge in [0.1, 0.15) is 5.69 Å². The molecule has 0 atom stereocenters. The number of aromatic nitrogens is 3. The molecule has 0 bridgehead atoms. The van der Waals surface area contributed by atoms with Crippen LogP contribution in [-0.2, 0) is 0 Å². The van der Waals surface area contributed by atoms with E-state index < -0.39 is 17.5 Å². The highest BCUT2D eigenvalue weighted by molar-refractivity contribution is 5.43. The Morgan fingerprint density at radius 1 is 1.11 bits per heavy atom. The topological polar surface area (TPSA) is 56.7 Å². The van der Waals surface area contributed by atoms with Crippen molar-refractivity contribution in [3.05, 3.63) is 35.3 Å². The maximum Gasteiger partial charge on any atom is 0.169 e. The highest BCUT2D eigenvalue weighted by Gasteiger charge is 2.19. The van der Waals surface area contributed by atoms with Crippen LogP contribution in [0.15, 0.2) is 12.1 Å². The van der Waals surface area contributed by atoms with E-state index in [1.54, 1.807) is 0 Å². The Morgan fingerprint density at radius 3 is 2.33 bits per heavy atom. The molecule has 1 heterocycles. The Hall–Kier alpha value is -2.05. The van der Waals surface area contributed by atoms with Gasteiger partial charge in [-0.15, -0.1) is 5.10 Å². The van der Waals surface area contributed by atoms with Gasteiger partial charge in [0.25, 0.3) is 0 Å². The second-order valence-corrected chi connectivity index (χ2v) is 4.14. The lowest BCUT2D eigenvalue weighted by atomic mass is 10.1. The molecule has 0 saturated heterocycles. The summed E-state index contributed by atoms with van der Waals surface area (Å²) < 4.78 is 40.7. The predicted octanol–water partition coefficient (Wildman–Crippen LogP) is 2.39. The van der Waals surface area contributed by atoms with Crippen molar-refractivity contribution in [2.45, 2.75) is 19.8 Å². The molecule has 0 aliphatic heterocycles. The quantitative estimate of drug-likeness (QED) is 0.839. The molecule has 7 heteroatoms. The van der Waals surface area contributed by atoms with Gasteiger partial charge in [-0.3, -0.25) is 0 Å². The lowest BCUT2D eigenvalue weighted by molar-refractivity contribution is 0.490. The van der Waals surface area contributed by atoms with Crippen LogP contribution in [-0.4, -0.2) is 15.0 Å². The van der Waals surface area contributed by atoms with Crippen LogP contribution in [0.25, 0.3) is 5.69 Å². The fourth-order valence-electron chi connectivity index (χ4n) is 1.69. The smallest absolute Gasteiger partial charge is 0.169 e. The van der Waals surface area contributed by atoms with Crippen molar-refractivity contribution in [2.75, 3.05) is 5.73 Å². The number of hydrogen-bond acceptors (Lipinski definition) is 3. The average molecular weight is 256 g/mol. The highest BCUT2D eigenvalue weighted by atomic mass is 19.2. The Balaban J connectivity index is 2.66. The first-order chi connectivity index (χ1) is 8.41. The van der Waals surface area contributed by atoms with Crippen molar-refractivity contribution in [1.29, 1.82) is 0 Å². The summed E-state index contributed by atoms with van der Waals surface area (Å²) in [5.41, 5.74) is 5.84. The Kier molecular flexibility index (Phi) is 2.98. The monoisotopic (exact) mass is 256 g/mol. The molecule has 0 radical (unpaired) electrons. The molecule has 0 aliphatic carbocycles. The maximum atomic E-state index is 13.6. The Bertz CT molecular complexity index is 592. The Morgan fingerprint density at radius 2 is 1.72 bits per heavy atom. The van der Waals surface area contributed by atoms with Crippen LogP contribution in [0.2, 0.25) is 0 Å². The molecule has 0 amide bonds. The molecule has 0 fully saturated rings. The molecule has 0 aliphatic rings. The average Bonchev–Trinajstić information content (AvgIpc) is 2.65. The van der Waals surface area contributed by atoms with E-state index in [0.717, 1.165) is 10.7 Å². The van der Waals surface area contributed by atoms with Crippen LogP contribution < -0.4 is 5.73 Å². The van der Waals surface area contributed by atoms with Gasteiger partial charge in [-0.05, 0) is 5.92 Å². The van der Waals surface area contributed by atoms with Gasteiger partial charge in [0.2, 0.25) is 0 Å². The number of halogens is 3. The van der Waals surface area contributed by atoms with Crippen molar-refractivity contribution in [1.82, 2.24) is 15.0 Å². The largest absolute Gasteiger partial charge is 0.381 e. The summed E-state index contributed by atoms with van der Waals surface area (Å²) in [6.45, 7) is 3.62. The maximum absolute atomic E-state index is 13.6. The summed E-state index contributed by atoms with van der Waals surface area (Å²) >= 11 is 0. The third-order valence-electron chi connectivity index (χ3n) is 2.50. The van der Waals surface area contributed by atoms with Crippen LogP contribution in [0.4, 0.5) is 19.0 Å². The van der Waals surface area contributed by atoms with Gasteiger partial charge < -0.3 is 5.73 Å². The minimum atomic E-state index is -1.25. The summed E-state index contributed by atoms with van der Waals surface area (Å²) in [5, 5.41) is 7.27. The van der Waals surface area contributed by atoms with E-state index in [0.29, 0.717) is 11.8 Å². The molecule has 4 nitrogen and oxygen atoms in total. The second-order valence-electron chi connectivity index (χ2n) is 4.14. The van der Waals surface area contributed by atoms with Crippen LogP contribution in [0, 0.1) is 17.5 Å². The Labute approximate surface area is 101 Å². The fraction of sp³-hybridized carbons (Fsp3) is 0.273. The van der Waals surface area contributed by atoms with E-state index in [1.807, 2.05) is 13.8 Å². The van der Waals surface area contributed by atoms with Crippen molar-refractivity contribution >= 4 is 5.82 Å². The molecule has 0 unspecified atom stereocenters. The van der Waals surface area contributed by atoms with Gasteiger partial charge in [0.05, 0.1) is 5.69 Å². The number of benzene rings is 1. The van der Waals surface area contributed by atoms with E-state index in [9.17, 15) is 13.2 Å². The standard InChI is InChI=1S/C11H11F3N4/c1-5(2)10-11(15)16-17-18(10)9-4-7(13)6(12)3-8(9)14/h3-5H,15H2,1-2H3. The molecule has 0 saturated carbocycles. The van der Waals surface area contributed by atoms with Crippen molar-refractivity contribution in [3.63, 3.8) is 0 Å². The number of hydrogen-bond donors (Lipinski definition) is 1. The molecule has 1 aromatic heterocycles. The molecule has 2 rings (SSSR count). The van der Waals surface area contributed by atoms with E-state index in [-0.39, 0.29) is 17.4 Å². The van der Waals surface area contributed by atoms with E-state index in [4.69, 9.17) is 5.73 Å². The first-order valence-electron chi connectivity index (χ1n) is 5.27. The zero-order chi connectivity index (χ0) is 13.4. The van der Waals surface area contributed by atoms with Gasteiger partial charge in [0, 0.05) is 12.1 Å². The van der Waals surface area contributed by atoms with E-state index >= 15 is 0 Å². The first kappa shape index (κ1) is 12.4. The molecule has 2 N–H and O–H groups in total. The number of anilines is 1. The van der Waals surface area contributed by atoms with Gasteiger partial charge in [-0.2, -0.15) is 0 Å². The third kappa shape index (κ3) is 1.92. The summed E-state index contributed by atoms with van der Waals surface area (Å²) in [5.74, 6) is -3.30. The van der Waals surface area contributed by atoms with Gasteiger partial charge in [0.15, 0.2) is 23.3 Å². The zero-order valence-corrected chi connectivity index (χ0v) is 9.78. The second kappa shape index (κ2) is 4.32. The lowest BCUT2D eigenvalue weighted by Crippen LogP contribution is -2.08. The molecule has 96 valence electrons. The molecule has 2 aromatic rings. The number of rotatable bonds is 2. The first-order valence-corrected chi connectivity index (χ1v) is 5.27. The number of nitrogens with two attached hydrogens (primary N) is 1. The fourth-order valence-corrected chi connectivity index (χ4v) is 1.69. The van der Waals surface area contributed by atoms with Crippen LogP contribution in [0.5, 0.6) is 0 Å². The predicted molar refractivity (Wildman–Crippen MR) is 59.7 cm³/mol. The summed E-state index contributed by atoms with van der Waals surface area (Å²) in [6.07, 6.45) is 0. The van der Waals surface area contributed by atoms with E-state index in [2.05, 4.69) is 10.3 Å². The van der Waals surface area contributed by atoms with Crippen LogP contribution in [0.1, 0.15) is 25.5 Å². The van der Waals surface area contributed by atoms with Crippen LogP contribution >= 0.6 is 0 Å². The third-order valence-corrected chi connectivity index (χ3v) is 2.50. The normalized spacial score (nSPS) is 11.2. The van der Waals surface area contributed by atoms with Gasteiger partial charge in [-0.25, -0.2) is 17.9 Å². The molecular formula is C11H11F3N4. The lowest BCUT2D eigenvalue weighted by Gasteiger charge is -2.10. The SMILES string of the molecule is CC(C)c1c(N)nnn1-c1cc(F)c(F)cc1F. The zero-order valence-electron chi connectivity index (χ0n) is 9.78. The summed E-state index contributed by atoms with van der Waals surface area (Å²) in [7, 11) is 0. The number of nitrogens with zero attached hydrogens (tertiary/aromatic N) is 3. The van der Waals surface area contributed by atoms with Gasteiger partial charge in [-0.1, -0.05) is 19.1 Å². The highest BCUT2D eigenvalue weighted by Crippen LogP contribution is 2.25. The molecule has 18 heavy (non-hydrogen) atoms. The van der Waals surface area contributed by atoms with Crippen molar-refractivity contribution in [3.8, 4) is 5.69 Å². The van der Waals surface area contributed by atoms with Crippen LogP contribution in [0.3, 0.4) is 0 Å². The molecular weight excluding hydrogens is 245 g/mol. The summed E-state index contributed by atoms with van der Waals surface area (Å²) in [4.78, 5) is 0.